The standard InChI is InChI=1S/C24H38N2O2/c1-19-5-3-13-25(15-19)17-23(27)12-9-21-7-10-22(11-8-21)24(28)18-26-14-4-6-20(2)16-26/h3,5,15,20-22H,4,6-14,16-18H2,1-2H3. The van der Waals surface area contributed by atoms with Gasteiger partial charge < -0.3 is 4.90 Å². The van der Waals surface area contributed by atoms with E-state index in [2.05, 4.69) is 42.0 Å². The number of carbonyl (C=O) groups is 2. The topological polar surface area (TPSA) is 40.6 Å². The lowest BCUT2D eigenvalue weighted by atomic mass is 9.78. The van der Waals surface area contributed by atoms with Crippen LogP contribution in [0.4, 0.5) is 0 Å². The van der Waals surface area contributed by atoms with Crippen LogP contribution >= 0.6 is 0 Å². The number of carbonyl (C=O) groups excluding carboxylic acids is 2. The fourth-order valence-corrected chi connectivity index (χ4v) is 5.09. The van der Waals surface area contributed by atoms with Gasteiger partial charge in [0.2, 0.25) is 0 Å². The summed E-state index contributed by atoms with van der Waals surface area (Å²) >= 11 is 0. The van der Waals surface area contributed by atoms with Gasteiger partial charge in [-0.25, -0.2) is 0 Å². The maximum Gasteiger partial charge on any atom is 0.152 e. The van der Waals surface area contributed by atoms with Crippen LogP contribution < -0.4 is 0 Å². The van der Waals surface area contributed by atoms with Crippen LogP contribution in [0.1, 0.15) is 65.2 Å². The molecule has 0 aromatic carbocycles. The third-order valence-electron chi connectivity index (χ3n) is 6.74. The quantitative estimate of drug-likeness (QED) is 0.626. The molecule has 2 heterocycles. The van der Waals surface area contributed by atoms with Crippen LogP contribution in [0.15, 0.2) is 23.9 Å². The molecule has 2 fully saturated rings. The molecular weight excluding hydrogens is 348 g/mol. The molecule has 2 aliphatic heterocycles. The van der Waals surface area contributed by atoms with Crippen molar-refractivity contribution in [2.45, 2.75) is 65.2 Å². The van der Waals surface area contributed by atoms with Crippen LogP contribution in [0.3, 0.4) is 0 Å². The summed E-state index contributed by atoms with van der Waals surface area (Å²) in [4.78, 5) is 29.5. The van der Waals surface area contributed by atoms with Crippen molar-refractivity contribution in [3.8, 4) is 0 Å². The first-order chi connectivity index (χ1) is 13.5. The van der Waals surface area contributed by atoms with Gasteiger partial charge in [0, 0.05) is 31.6 Å². The van der Waals surface area contributed by atoms with Crippen molar-refractivity contribution in [1.82, 2.24) is 9.80 Å². The summed E-state index contributed by atoms with van der Waals surface area (Å²) in [6.07, 6.45) is 14.8. The maximum atomic E-state index is 12.7. The van der Waals surface area contributed by atoms with Crippen molar-refractivity contribution in [2.24, 2.45) is 17.8 Å². The van der Waals surface area contributed by atoms with Crippen molar-refractivity contribution in [2.75, 3.05) is 32.7 Å². The Morgan fingerprint density at radius 3 is 2.61 bits per heavy atom. The number of piperidine rings is 1. The van der Waals surface area contributed by atoms with Crippen LogP contribution in [0.2, 0.25) is 0 Å². The Morgan fingerprint density at radius 1 is 1.11 bits per heavy atom. The monoisotopic (exact) mass is 386 g/mol. The highest BCUT2D eigenvalue weighted by molar-refractivity contribution is 5.83. The van der Waals surface area contributed by atoms with Crippen LogP contribution in [0, 0.1) is 17.8 Å². The Hall–Kier alpha value is -1.42. The van der Waals surface area contributed by atoms with Gasteiger partial charge in [-0.2, -0.15) is 0 Å². The molecule has 1 saturated heterocycles. The van der Waals surface area contributed by atoms with Gasteiger partial charge in [-0.3, -0.25) is 14.5 Å². The van der Waals surface area contributed by atoms with E-state index < -0.39 is 0 Å². The zero-order valence-corrected chi connectivity index (χ0v) is 17.9. The van der Waals surface area contributed by atoms with Crippen molar-refractivity contribution < 1.29 is 9.59 Å². The third kappa shape index (κ3) is 6.58. The molecule has 0 aromatic heterocycles. The Balaban J connectivity index is 1.32. The van der Waals surface area contributed by atoms with E-state index in [1.807, 2.05) is 0 Å². The van der Waals surface area contributed by atoms with E-state index in [1.54, 1.807) is 0 Å². The number of allylic oxidation sites excluding steroid dienone is 2. The second-order valence-corrected chi connectivity index (χ2v) is 9.45. The van der Waals surface area contributed by atoms with Gasteiger partial charge >= 0.3 is 0 Å². The van der Waals surface area contributed by atoms with Gasteiger partial charge in [0.05, 0.1) is 13.1 Å². The van der Waals surface area contributed by atoms with E-state index >= 15 is 0 Å². The molecule has 1 aliphatic carbocycles. The number of Topliss-reactive ketones (excluding diaryl/α,β-unsaturated/α-hetero) is 2. The average molecular weight is 387 g/mol. The minimum absolute atomic E-state index is 0.262. The summed E-state index contributed by atoms with van der Waals surface area (Å²) in [7, 11) is 0. The lowest BCUT2D eigenvalue weighted by molar-refractivity contribution is -0.126. The Morgan fingerprint density at radius 2 is 1.89 bits per heavy atom. The molecule has 0 amide bonds. The Kier molecular flexibility index (Phi) is 7.90. The molecule has 3 aliphatic rings. The first kappa shape index (κ1) is 21.3. The SMILES string of the molecule is CC1=CN(CC(=O)CCC2CCC(C(=O)CN3CCCC(C)C3)CC2)CC=C1. The molecule has 0 N–H and O–H groups in total. The fraction of sp³-hybridized carbons (Fsp3) is 0.750. The minimum Gasteiger partial charge on any atom is -0.366 e. The highest BCUT2D eigenvalue weighted by Gasteiger charge is 2.28. The predicted octanol–water partition coefficient (Wildman–Crippen LogP) is 4.22. The van der Waals surface area contributed by atoms with Gasteiger partial charge in [0.15, 0.2) is 5.78 Å². The number of likely N-dealkylation sites (tertiary alicyclic amines) is 1. The fourth-order valence-electron chi connectivity index (χ4n) is 5.09. The molecule has 28 heavy (non-hydrogen) atoms. The molecule has 0 aromatic rings. The number of nitrogens with zero attached hydrogens (tertiary/aromatic N) is 2. The lowest BCUT2D eigenvalue weighted by Crippen LogP contribution is -2.40. The van der Waals surface area contributed by atoms with E-state index in [0.29, 0.717) is 37.0 Å². The van der Waals surface area contributed by atoms with Gasteiger partial charge in [0.25, 0.3) is 0 Å². The molecule has 1 unspecified atom stereocenters. The van der Waals surface area contributed by atoms with Crippen molar-refractivity contribution >= 4 is 11.6 Å². The molecular formula is C24H38N2O2. The van der Waals surface area contributed by atoms with Crippen LogP contribution in [-0.2, 0) is 9.59 Å². The number of hydrogen-bond acceptors (Lipinski definition) is 4. The smallest absolute Gasteiger partial charge is 0.152 e. The number of rotatable bonds is 8. The van der Waals surface area contributed by atoms with Crippen molar-refractivity contribution in [3.05, 3.63) is 23.9 Å². The number of ketones is 2. The summed E-state index contributed by atoms with van der Waals surface area (Å²) in [5.74, 6) is 2.43. The minimum atomic E-state index is 0.262. The third-order valence-corrected chi connectivity index (χ3v) is 6.74. The largest absolute Gasteiger partial charge is 0.366 e. The van der Waals surface area contributed by atoms with E-state index in [4.69, 9.17) is 0 Å². The normalized spacial score (nSPS) is 28.9. The van der Waals surface area contributed by atoms with Crippen molar-refractivity contribution in [1.29, 1.82) is 0 Å². The Bertz CT molecular complexity index is 602. The van der Waals surface area contributed by atoms with E-state index in [1.165, 1.54) is 18.4 Å². The molecule has 4 nitrogen and oxygen atoms in total. The number of hydrogen-bond donors (Lipinski definition) is 0. The highest BCUT2D eigenvalue weighted by atomic mass is 16.1. The van der Waals surface area contributed by atoms with E-state index in [9.17, 15) is 9.59 Å². The molecule has 0 bridgehead atoms. The summed E-state index contributed by atoms with van der Waals surface area (Å²) in [6, 6.07) is 0. The molecule has 156 valence electrons. The average Bonchev–Trinajstić information content (AvgIpc) is 2.67. The summed E-state index contributed by atoms with van der Waals surface area (Å²) in [5.41, 5.74) is 1.21. The summed E-state index contributed by atoms with van der Waals surface area (Å²) in [6.45, 7) is 8.58. The zero-order chi connectivity index (χ0) is 19.9. The van der Waals surface area contributed by atoms with E-state index in [0.717, 1.165) is 57.7 Å². The van der Waals surface area contributed by atoms with Crippen LogP contribution in [0.25, 0.3) is 0 Å². The molecule has 0 radical (unpaired) electrons. The molecule has 3 rings (SSSR count). The second-order valence-electron chi connectivity index (χ2n) is 9.45. The second kappa shape index (κ2) is 10.4. The summed E-state index contributed by atoms with van der Waals surface area (Å²) in [5, 5.41) is 0. The van der Waals surface area contributed by atoms with Gasteiger partial charge in [-0.05, 0) is 75.8 Å². The van der Waals surface area contributed by atoms with Gasteiger partial charge in [-0.1, -0.05) is 19.1 Å². The molecule has 0 spiro atoms. The first-order valence-corrected chi connectivity index (χ1v) is 11.4. The molecule has 1 atom stereocenters. The summed E-state index contributed by atoms with van der Waals surface area (Å²) < 4.78 is 0. The zero-order valence-electron chi connectivity index (χ0n) is 17.9. The Labute approximate surface area is 171 Å². The lowest BCUT2D eigenvalue weighted by Gasteiger charge is -2.33. The molecule has 1 saturated carbocycles. The van der Waals surface area contributed by atoms with Gasteiger partial charge in [-0.15, -0.1) is 0 Å². The van der Waals surface area contributed by atoms with Crippen LogP contribution in [0.5, 0.6) is 0 Å². The molecule has 4 heteroatoms. The van der Waals surface area contributed by atoms with E-state index in [-0.39, 0.29) is 5.92 Å². The highest BCUT2D eigenvalue weighted by Crippen LogP contribution is 2.32. The van der Waals surface area contributed by atoms with Gasteiger partial charge in [0.1, 0.15) is 5.78 Å². The van der Waals surface area contributed by atoms with Crippen molar-refractivity contribution in [3.63, 3.8) is 0 Å². The van der Waals surface area contributed by atoms with Crippen LogP contribution in [-0.4, -0.2) is 54.1 Å². The maximum absolute atomic E-state index is 12.7. The predicted molar refractivity (Wildman–Crippen MR) is 114 cm³/mol. The first-order valence-electron chi connectivity index (χ1n) is 11.4.